The Kier molecular flexibility index (Phi) is 5.66. The van der Waals surface area contributed by atoms with Crippen molar-refractivity contribution in [1.29, 1.82) is 0 Å². The number of anilines is 2. The van der Waals surface area contributed by atoms with Crippen molar-refractivity contribution in [3.05, 3.63) is 77.5 Å². The molecule has 0 saturated heterocycles. The van der Waals surface area contributed by atoms with E-state index in [1.165, 1.54) is 17.5 Å². The van der Waals surface area contributed by atoms with E-state index in [4.69, 9.17) is 4.74 Å². The number of para-hydroxylation sites is 1. The molecular weight excluding hydrogens is 402 g/mol. The van der Waals surface area contributed by atoms with Crippen molar-refractivity contribution in [2.24, 2.45) is 7.05 Å². The molecule has 0 fully saturated rings. The standard InChI is InChI=1S/C20H19N7O2S/c1-27-10-9-21-18(27)17(14-5-3-4-6-15(14)29-2)24-16-8-7-13(11-22-16)19(28)25-20-26-23-12-30-20/h3-12,17H,1-2H3,(H,22,24)(H,25,26,28). The molecule has 152 valence electrons. The van der Waals surface area contributed by atoms with Gasteiger partial charge in [-0.1, -0.05) is 29.5 Å². The Morgan fingerprint density at radius 1 is 1.20 bits per heavy atom. The van der Waals surface area contributed by atoms with Gasteiger partial charge in [-0.15, -0.1) is 10.2 Å². The van der Waals surface area contributed by atoms with Gasteiger partial charge in [0, 0.05) is 31.2 Å². The molecule has 4 rings (SSSR count). The number of nitrogens with zero attached hydrogens (tertiary/aromatic N) is 5. The fourth-order valence-electron chi connectivity index (χ4n) is 3.00. The first-order chi connectivity index (χ1) is 14.7. The van der Waals surface area contributed by atoms with Crippen LogP contribution in [0.1, 0.15) is 27.8 Å². The molecule has 0 spiro atoms. The molecule has 3 aromatic heterocycles. The van der Waals surface area contributed by atoms with E-state index in [1.807, 2.05) is 42.1 Å². The fraction of sp³-hybridized carbons (Fsp3) is 0.150. The highest BCUT2D eigenvalue weighted by atomic mass is 32.1. The maximum Gasteiger partial charge on any atom is 0.259 e. The third-order valence-corrected chi connectivity index (χ3v) is 5.07. The highest BCUT2D eigenvalue weighted by Gasteiger charge is 2.22. The third kappa shape index (κ3) is 4.13. The van der Waals surface area contributed by atoms with Gasteiger partial charge in [0.25, 0.3) is 5.91 Å². The number of benzene rings is 1. The predicted octanol–water partition coefficient (Wildman–Crippen LogP) is 3.13. The molecule has 0 aliphatic carbocycles. The van der Waals surface area contributed by atoms with Crippen LogP contribution in [0, 0.1) is 0 Å². The second kappa shape index (κ2) is 8.70. The molecule has 30 heavy (non-hydrogen) atoms. The van der Waals surface area contributed by atoms with Crippen molar-refractivity contribution in [2.75, 3.05) is 17.7 Å². The lowest BCUT2D eigenvalue weighted by Crippen LogP contribution is -2.18. The first-order valence-electron chi connectivity index (χ1n) is 9.06. The second-order valence-corrected chi connectivity index (χ2v) is 7.18. The van der Waals surface area contributed by atoms with Gasteiger partial charge in [0.2, 0.25) is 5.13 Å². The summed E-state index contributed by atoms with van der Waals surface area (Å²) in [6.07, 6.45) is 5.14. The number of carbonyl (C=O) groups is 1. The zero-order valence-electron chi connectivity index (χ0n) is 16.3. The number of pyridine rings is 1. The average Bonchev–Trinajstić information content (AvgIpc) is 3.44. The largest absolute Gasteiger partial charge is 0.496 e. The van der Waals surface area contributed by atoms with Gasteiger partial charge in [0.1, 0.15) is 28.9 Å². The summed E-state index contributed by atoms with van der Waals surface area (Å²) in [6, 6.07) is 10.9. The summed E-state index contributed by atoms with van der Waals surface area (Å²) < 4.78 is 7.48. The van der Waals surface area contributed by atoms with Gasteiger partial charge < -0.3 is 14.6 Å². The molecular formula is C20H19N7O2S. The predicted molar refractivity (Wildman–Crippen MR) is 114 cm³/mol. The van der Waals surface area contributed by atoms with Crippen molar-refractivity contribution in [3.63, 3.8) is 0 Å². The highest BCUT2D eigenvalue weighted by molar-refractivity contribution is 7.13. The van der Waals surface area contributed by atoms with Crippen LogP contribution in [0.4, 0.5) is 10.9 Å². The number of imidazole rings is 1. The van der Waals surface area contributed by atoms with Crippen LogP contribution in [-0.2, 0) is 7.05 Å². The van der Waals surface area contributed by atoms with E-state index < -0.39 is 0 Å². The Balaban J connectivity index is 1.59. The fourth-order valence-corrected chi connectivity index (χ4v) is 3.44. The monoisotopic (exact) mass is 421 g/mol. The summed E-state index contributed by atoms with van der Waals surface area (Å²) >= 11 is 1.25. The van der Waals surface area contributed by atoms with Crippen LogP contribution in [0.15, 0.2) is 60.5 Å². The summed E-state index contributed by atoms with van der Waals surface area (Å²) in [6.45, 7) is 0. The molecule has 0 saturated carbocycles. The molecule has 1 amide bonds. The van der Waals surface area contributed by atoms with Crippen molar-refractivity contribution >= 4 is 28.2 Å². The van der Waals surface area contributed by atoms with Gasteiger partial charge in [-0.25, -0.2) is 9.97 Å². The number of ether oxygens (including phenoxy) is 1. The van der Waals surface area contributed by atoms with Crippen molar-refractivity contribution < 1.29 is 9.53 Å². The lowest BCUT2D eigenvalue weighted by Gasteiger charge is -2.21. The Hall–Kier alpha value is -3.79. The van der Waals surface area contributed by atoms with Gasteiger partial charge in [0.05, 0.1) is 12.7 Å². The van der Waals surface area contributed by atoms with E-state index in [2.05, 4.69) is 30.8 Å². The minimum absolute atomic E-state index is 0.295. The lowest BCUT2D eigenvalue weighted by molar-refractivity contribution is 0.102. The Bertz CT molecular complexity index is 1130. The maximum absolute atomic E-state index is 12.3. The van der Waals surface area contributed by atoms with Crippen LogP contribution < -0.4 is 15.4 Å². The number of amides is 1. The minimum Gasteiger partial charge on any atom is -0.496 e. The van der Waals surface area contributed by atoms with E-state index in [1.54, 1.807) is 30.9 Å². The van der Waals surface area contributed by atoms with Gasteiger partial charge in [0.15, 0.2) is 0 Å². The number of methoxy groups -OCH3 is 1. The molecule has 0 bridgehead atoms. The highest BCUT2D eigenvalue weighted by Crippen LogP contribution is 2.31. The SMILES string of the molecule is COc1ccccc1C(Nc1ccc(C(=O)Nc2nncs2)cn1)c1nccn1C. The molecule has 10 heteroatoms. The smallest absolute Gasteiger partial charge is 0.259 e. The van der Waals surface area contributed by atoms with Gasteiger partial charge in [-0.05, 0) is 18.2 Å². The van der Waals surface area contributed by atoms with Crippen LogP contribution in [0.25, 0.3) is 0 Å². The molecule has 0 aliphatic heterocycles. The molecule has 1 aromatic carbocycles. The minimum atomic E-state index is -0.297. The normalized spacial score (nSPS) is 11.7. The number of carbonyl (C=O) groups excluding carboxylic acids is 1. The second-order valence-electron chi connectivity index (χ2n) is 6.35. The van der Waals surface area contributed by atoms with E-state index in [-0.39, 0.29) is 11.9 Å². The number of nitrogens with one attached hydrogen (secondary N) is 2. The van der Waals surface area contributed by atoms with Crippen LogP contribution in [0.2, 0.25) is 0 Å². The summed E-state index contributed by atoms with van der Waals surface area (Å²) in [5.41, 5.74) is 2.90. The topological polar surface area (TPSA) is 107 Å². The molecule has 4 aromatic rings. The molecule has 0 radical (unpaired) electrons. The number of hydrogen-bond donors (Lipinski definition) is 2. The lowest BCUT2D eigenvalue weighted by atomic mass is 10.0. The van der Waals surface area contributed by atoms with Crippen molar-refractivity contribution in [2.45, 2.75) is 6.04 Å². The molecule has 2 N–H and O–H groups in total. The van der Waals surface area contributed by atoms with Crippen molar-refractivity contribution in [3.8, 4) is 5.75 Å². The summed E-state index contributed by atoms with van der Waals surface area (Å²) in [5, 5.41) is 14.0. The number of aromatic nitrogens is 5. The van der Waals surface area contributed by atoms with Gasteiger partial charge >= 0.3 is 0 Å². The summed E-state index contributed by atoms with van der Waals surface area (Å²) in [7, 11) is 3.57. The van der Waals surface area contributed by atoms with Crippen LogP contribution in [0.3, 0.4) is 0 Å². The number of rotatable bonds is 7. The van der Waals surface area contributed by atoms with Crippen LogP contribution in [0.5, 0.6) is 5.75 Å². The summed E-state index contributed by atoms with van der Waals surface area (Å²) in [4.78, 5) is 21.2. The molecule has 1 unspecified atom stereocenters. The van der Waals surface area contributed by atoms with Gasteiger partial charge in [-0.3, -0.25) is 10.1 Å². The van der Waals surface area contributed by atoms with E-state index in [9.17, 15) is 4.79 Å². The molecule has 1 atom stereocenters. The Morgan fingerprint density at radius 3 is 2.73 bits per heavy atom. The quantitative estimate of drug-likeness (QED) is 0.472. The third-order valence-electron chi connectivity index (χ3n) is 4.46. The zero-order chi connectivity index (χ0) is 20.9. The first-order valence-corrected chi connectivity index (χ1v) is 9.94. The molecule has 9 nitrogen and oxygen atoms in total. The maximum atomic E-state index is 12.3. The van der Waals surface area contributed by atoms with E-state index >= 15 is 0 Å². The number of hydrogen-bond acceptors (Lipinski definition) is 8. The number of aryl methyl sites for hydroxylation is 1. The van der Waals surface area contributed by atoms with Crippen LogP contribution in [-0.4, -0.2) is 37.7 Å². The zero-order valence-corrected chi connectivity index (χ0v) is 17.1. The average molecular weight is 421 g/mol. The van der Waals surface area contributed by atoms with E-state index in [0.717, 1.165) is 17.1 Å². The Morgan fingerprint density at radius 2 is 2.07 bits per heavy atom. The first kappa shape index (κ1) is 19.5. The summed E-state index contributed by atoms with van der Waals surface area (Å²) in [5.74, 6) is 1.85. The molecule has 3 heterocycles. The van der Waals surface area contributed by atoms with Crippen molar-refractivity contribution in [1.82, 2.24) is 24.7 Å². The molecule has 0 aliphatic rings. The van der Waals surface area contributed by atoms with E-state index in [0.29, 0.717) is 16.5 Å². The van der Waals surface area contributed by atoms with Gasteiger partial charge in [-0.2, -0.15) is 0 Å². The Labute approximate surface area is 176 Å². The van der Waals surface area contributed by atoms with Crippen LogP contribution >= 0.6 is 11.3 Å².